The highest BCUT2D eigenvalue weighted by molar-refractivity contribution is 7.15. The highest BCUT2D eigenvalue weighted by Crippen LogP contribution is 2.45. The second-order valence-corrected chi connectivity index (χ2v) is 6.60. The van der Waals surface area contributed by atoms with Crippen LogP contribution in [-0.2, 0) is 0 Å². The summed E-state index contributed by atoms with van der Waals surface area (Å²) in [6.07, 6.45) is -1.49. The van der Waals surface area contributed by atoms with Gasteiger partial charge in [-0.05, 0) is 18.1 Å². The van der Waals surface area contributed by atoms with Crippen LogP contribution >= 0.6 is 11.3 Å². The third-order valence-corrected chi connectivity index (χ3v) is 5.21. The van der Waals surface area contributed by atoms with E-state index >= 15 is 0 Å². The van der Waals surface area contributed by atoms with E-state index in [1.807, 2.05) is 55.5 Å². The summed E-state index contributed by atoms with van der Waals surface area (Å²) in [7, 11) is 0. The van der Waals surface area contributed by atoms with Crippen LogP contribution < -0.4 is 0 Å². The number of rotatable bonds is 1. The SMILES string of the molecule is Cc1ccc2c(c1)C(O)c1nc(-c3ccccc3)sc1C2O. The molecule has 3 nitrogen and oxygen atoms in total. The molecule has 22 heavy (non-hydrogen) atoms. The van der Waals surface area contributed by atoms with E-state index in [0.717, 1.165) is 32.1 Å². The van der Waals surface area contributed by atoms with E-state index in [1.165, 1.54) is 11.3 Å². The van der Waals surface area contributed by atoms with Gasteiger partial charge in [-0.2, -0.15) is 0 Å². The first kappa shape index (κ1) is 13.6. The molecule has 2 aromatic carbocycles. The van der Waals surface area contributed by atoms with Crippen molar-refractivity contribution in [2.45, 2.75) is 19.1 Å². The van der Waals surface area contributed by atoms with Crippen molar-refractivity contribution in [2.75, 3.05) is 0 Å². The molecule has 0 aliphatic heterocycles. The minimum atomic E-state index is -0.776. The van der Waals surface area contributed by atoms with Crippen LogP contribution in [0.15, 0.2) is 48.5 Å². The Hall–Kier alpha value is -2.01. The molecule has 110 valence electrons. The molecular weight excluding hydrogens is 294 g/mol. The summed E-state index contributed by atoms with van der Waals surface area (Å²) in [6, 6.07) is 15.6. The molecule has 2 atom stereocenters. The maximum absolute atomic E-state index is 10.6. The van der Waals surface area contributed by atoms with Gasteiger partial charge in [0, 0.05) is 5.56 Å². The molecule has 0 amide bonds. The summed E-state index contributed by atoms with van der Waals surface area (Å²) in [5.74, 6) is 0. The molecule has 0 spiro atoms. The average molecular weight is 309 g/mol. The Kier molecular flexibility index (Phi) is 3.11. The van der Waals surface area contributed by atoms with Crippen LogP contribution in [0.3, 0.4) is 0 Å². The van der Waals surface area contributed by atoms with E-state index in [2.05, 4.69) is 4.98 Å². The van der Waals surface area contributed by atoms with Crippen molar-refractivity contribution >= 4 is 11.3 Å². The van der Waals surface area contributed by atoms with Crippen LogP contribution in [0.5, 0.6) is 0 Å². The molecule has 0 radical (unpaired) electrons. The zero-order valence-corrected chi connectivity index (χ0v) is 12.8. The number of aromatic nitrogens is 1. The first-order valence-electron chi connectivity index (χ1n) is 7.18. The van der Waals surface area contributed by atoms with Gasteiger partial charge in [-0.3, -0.25) is 0 Å². The summed E-state index contributed by atoms with van der Waals surface area (Å²) in [5.41, 5.74) is 4.17. The second kappa shape index (κ2) is 5.02. The normalized spacial score (nSPS) is 19.6. The molecule has 2 N–H and O–H groups in total. The Morgan fingerprint density at radius 3 is 2.50 bits per heavy atom. The van der Waals surface area contributed by atoms with Gasteiger partial charge < -0.3 is 10.2 Å². The number of aryl methyl sites for hydroxylation is 1. The van der Waals surface area contributed by atoms with Gasteiger partial charge in [0.2, 0.25) is 0 Å². The van der Waals surface area contributed by atoms with E-state index < -0.39 is 12.2 Å². The smallest absolute Gasteiger partial charge is 0.124 e. The number of aliphatic hydroxyl groups excluding tert-OH is 2. The molecule has 1 aliphatic rings. The molecule has 1 aliphatic carbocycles. The number of fused-ring (bicyclic) bond motifs is 2. The molecule has 3 aromatic rings. The standard InChI is InChI=1S/C18H15NO2S/c1-10-7-8-12-13(9-10)15(20)14-17(16(12)21)22-18(19-14)11-5-3-2-4-6-11/h2-9,15-16,20-21H,1H3. The van der Waals surface area contributed by atoms with Crippen molar-refractivity contribution < 1.29 is 10.2 Å². The Morgan fingerprint density at radius 1 is 0.955 bits per heavy atom. The third-order valence-electron chi connectivity index (χ3n) is 4.04. The van der Waals surface area contributed by atoms with Crippen LogP contribution in [0.25, 0.3) is 10.6 Å². The second-order valence-electron chi connectivity index (χ2n) is 5.57. The summed E-state index contributed by atoms with van der Waals surface area (Å²) >= 11 is 1.45. The molecule has 0 fully saturated rings. The molecule has 0 bridgehead atoms. The lowest BCUT2D eigenvalue weighted by atomic mass is 9.88. The first-order valence-corrected chi connectivity index (χ1v) is 7.99. The third kappa shape index (κ3) is 2.00. The molecule has 1 aromatic heterocycles. The molecule has 1 heterocycles. The minimum Gasteiger partial charge on any atom is -0.383 e. The fourth-order valence-electron chi connectivity index (χ4n) is 2.91. The number of benzene rings is 2. The van der Waals surface area contributed by atoms with Crippen molar-refractivity contribution in [3.63, 3.8) is 0 Å². The maximum atomic E-state index is 10.6. The van der Waals surface area contributed by atoms with Crippen LogP contribution in [0.2, 0.25) is 0 Å². The molecule has 4 rings (SSSR count). The lowest BCUT2D eigenvalue weighted by Crippen LogP contribution is -2.16. The van der Waals surface area contributed by atoms with Gasteiger partial charge >= 0.3 is 0 Å². The zero-order valence-electron chi connectivity index (χ0n) is 12.0. The van der Waals surface area contributed by atoms with E-state index in [1.54, 1.807) is 0 Å². The van der Waals surface area contributed by atoms with Crippen molar-refractivity contribution in [2.24, 2.45) is 0 Å². The number of hydrogen-bond acceptors (Lipinski definition) is 4. The van der Waals surface area contributed by atoms with Gasteiger partial charge in [0.25, 0.3) is 0 Å². The zero-order chi connectivity index (χ0) is 15.3. The van der Waals surface area contributed by atoms with Gasteiger partial charge in [0.1, 0.15) is 17.2 Å². The quantitative estimate of drug-likeness (QED) is 0.722. The Morgan fingerprint density at radius 2 is 1.73 bits per heavy atom. The highest BCUT2D eigenvalue weighted by atomic mass is 32.1. The summed E-state index contributed by atoms with van der Waals surface area (Å²) < 4.78 is 0. The van der Waals surface area contributed by atoms with Crippen LogP contribution in [-0.4, -0.2) is 15.2 Å². The Bertz CT molecular complexity index is 842. The largest absolute Gasteiger partial charge is 0.383 e. The number of nitrogens with zero attached hydrogens (tertiary/aromatic N) is 1. The number of thiazole rings is 1. The molecular formula is C18H15NO2S. The maximum Gasteiger partial charge on any atom is 0.124 e. The fraction of sp³-hybridized carbons (Fsp3) is 0.167. The van der Waals surface area contributed by atoms with Gasteiger partial charge in [-0.15, -0.1) is 11.3 Å². The van der Waals surface area contributed by atoms with Gasteiger partial charge in [-0.1, -0.05) is 54.1 Å². The van der Waals surface area contributed by atoms with Gasteiger partial charge in [-0.25, -0.2) is 4.98 Å². The van der Waals surface area contributed by atoms with Crippen molar-refractivity contribution in [3.8, 4) is 10.6 Å². The van der Waals surface area contributed by atoms with E-state index in [4.69, 9.17) is 0 Å². The summed E-state index contributed by atoms with van der Waals surface area (Å²) in [4.78, 5) is 5.33. The van der Waals surface area contributed by atoms with Crippen LogP contribution in [0.1, 0.15) is 39.5 Å². The van der Waals surface area contributed by atoms with Gasteiger partial charge in [0.05, 0.1) is 10.6 Å². The lowest BCUT2D eigenvalue weighted by molar-refractivity contribution is 0.173. The molecule has 2 unspecified atom stereocenters. The van der Waals surface area contributed by atoms with Gasteiger partial charge in [0.15, 0.2) is 0 Å². The average Bonchev–Trinajstić information content (AvgIpc) is 2.99. The lowest BCUT2D eigenvalue weighted by Gasteiger charge is -2.25. The fourth-order valence-corrected chi connectivity index (χ4v) is 4.01. The minimum absolute atomic E-state index is 0.578. The first-order chi connectivity index (χ1) is 10.6. The van der Waals surface area contributed by atoms with E-state index in [9.17, 15) is 10.2 Å². The predicted molar refractivity (Wildman–Crippen MR) is 86.9 cm³/mol. The molecule has 0 saturated heterocycles. The molecule has 0 saturated carbocycles. The predicted octanol–water partition coefficient (Wildman–Crippen LogP) is 3.60. The topological polar surface area (TPSA) is 53.4 Å². The van der Waals surface area contributed by atoms with E-state index in [-0.39, 0.29) is 0 Å². The summed E-state index contributed by atoms with van der Waals surface area (Å²) in [5, 5.41) is 22.1. The highest BCUT2D eigenvalue weighted by Gasteiger charge is 2.33. The van der Waals surface area contributed by atoms with Crippen molar-refractivity contribution in [1.82, 2.24) is 4.98 Å². The van der Waals surface area contributed by atoms with Crippen LogP contribution in [0.4, 0.5) is 0 Å². The monoisotopic (exact) mass is 309 g/mol. The Balaban J connectivity index is 1.87. The number of aliphatic hydroxyl groups is 2. The summed E-state index contributed by atoms with van der Waals surface area (Å²) in [6.45, 7) is 1.98. The van der Waals surface area contributed by atoms with Crippen molar-refractivity contribution in [1.29, 1.82) is 0 Å². The van der Waals surface area contributed by atoms with Crippen molar-refractivity contribution in [3.05, 3.63) is 75.8 Å². The number of hydrogen-bond donors (Lipinski definition) is 2. The molecule has 4 heteroatoms. The Labute approximate surface area is 132 Å². The van der Waals surface area contributed by atoms with E-state index in [0.29, 0.717) is 5.69 Å². The van der Waals surface area contributed by atoms with Crippen LogP contribution in [0, 0.1) is 6.92 Å².